The Morgan fingerprint density at radius 3 is 2.50 bits per heavy atom. The molecular formula is C9H13N3O4. The average Bonchev–Trinajstić information content (AvgIpc) is 2.16. The molecule has 0 amide bonds. The Morgan fingerprint density at radius 2 is 1.94 bits per heavy atom. The number of likely N-dealkylation sites (N-methyl/N-ethyl adjacent to an activating group) is 1. The smallest absolute Gasteiger partial charge is 0.259 e. The molecule has 2 atom stereocenters. The second kappa shape index (κ2) is 3.24. The molecule has 0 radical (unpaired) electrons. The van der Waals surface area contributed by atoms with E-state index in [1.165, 1.54) is 6.08 Å². The lowest BCUT2D eigenvalue weighted by atomic mass is 9.72. The lowest BCUT2D eigenvalue weighted by Crippen LogP contribution is -2.65. The van der Waals surface area contributed by atoms with E-state index in [1.54, 1.807) is 18.0 Å². The number of hydrogen-bond acceptors (Lipinski definition) is 5. The molecule has 16 heavy (non-hydrogen) atoms. The third kappa shape index (κ3) is 1.39. The van der Waals surface area contributed by atoms with Gasteiger partial charge in [-0.3, -0.25) is 25.1 Å². The van der Waals surface area contributed by atoms with Crippen LogP contribution in [0.5, 0.6) is 0 Å². The summed E-state index contributed by atoms with van der Waals surface area (Å²) >= 11 is 0. The fourth-order valence-corrected chi connectivity index (χ4v) is 2.83. The average molecular weight is 227 g/mol. The molecule has 2 bridgehead atoms. The summed E-state index contributed by atoms with van der Waals surface area (Å²) in [6, 6.07) is 0. The maximum Gasteiger partial charge on any atom is 0.259 e. The third-order valence-electron chi connectivity index (χ3n) is 3.42. The lowest BCUT2D eigenvalue weighted by molar-refractivity contribution is -0.619. The monoisotopic (exact) mass is 227 g/mol. The van der Waals surface area contributed by atoms with E-state index in [-0.39, 0.29) is 30.9 Å². The molecule has 2 aliphatic rings. The second-order valence-electron chi connectivity index (χ2n) is 4.80. The zero-order valence-corrected chi connectivity index (χ0v) is 8.96. The Morgan fingerprint density at radius 1 is 1.25 bits per heavy atom. The highest BCUT2D eigenvalue weighted by atomic mass is 16.6. The molecule has 7 nitrogen and oxygen atoms in total. The maximum absolute atomic E-state index is 11.1. The number of nitrogens with zero attached hydrogens (tertiary/aromatic N) is 3. The first-order valence-corrected chi connectivity index (χ1v) is 5.06. The minimum absolute atomic E-state index is 0.000833. The van der Waals surface area contributed by atoms with Crippen molar-refractivity contribution in [2.75, 3.05) is 20.1 Å². The normalized spacial score (nSPS) is 38.3. The van der Waals surface area contributed by atoms with Crippen LogP contribution in [0.25, 0.3) is 0 Å². The predicted octanol–water partition coefficient (Wildman–Crippen LogP) is 0.313. The number of piperidine rings is 1. The highest BCUT2D eigenvalue weighted by molar-refractivity contribution is 5.17. The minimum Gasteiger partial charge on any atom is -0.292 e. The van der Waals surface area contributed by atoms with E-state index < -0.39 is 16.0 Å². The van der Waals surface area contributed by atoms with Crippen LogP contribution >= 0.6 is 0 Å². The Bertz CT molecular complexity index is 383. The summed E-state index contributed by atoms with van der Waals surface area (Å²) in [7, 11) is 1.69. The van der Waals surface area contributed by atoms with Gasteiger partial charge in [-0.25, -0.2) is 0 Å². The van der Waals surface area contributed by atoms with Crippen LogP contribution in [0.1, 0.15) is 12.8 Å². The molecule has 0 unspecified atom stereocenters. The van der Waals surface area contributed by atoms with Crippen LogP contribution in [-0.4, -0.2) is 46.0 Å². The molecule has 7 heteroatoms. The SMILES string of the molecule is CN1C[C@@]2([N+](=O)[O-])C=CC[C@]([N+](=O)[O-])(C1)C2. The highest BCUT2D eigenvalue weighted by Gasteiger charge is 2.61. The molecule has 0 saturated carbocycles. The van der Waals surface area contributed by atoms with E-state index in [4.69, 9.17) is 0 Å². The first-order valence-electron chi connectivity index (χ1n) is 5.06. The van der Waals surface area contributed by atoms with E-state index in [2.05, 4.69) is 0 Å². The molecule has 1 heterocycles. The van der Waals surface area contributed by atoms with Crippen LogP contribution in [0.15, 0.2) is 12.2 Å². The van der Waals surface area contributed by atoms with Crippen molar-refractivity contribution in [3.05, 3.63) is 32.4 Å². The maximum atomic E-state index is 11.1. The molecule has 0 aromatic carbocycles. The van der Waals surface area contributed by atoms with Gasteiger partial charge in [-0.05, 0) is 13.1 Å². The van der Waals surface area contributed by atoms with Gasteiger partial charge < -0.3 is 0 Å². The van der Waals surface area contributed by atoms with E-state index in [1.807, 2.05) is 0 Å². The predicted molar refractivity (Wildman–Crippen MR) is 55.3 cm³/mol. The molecular weight excluding hydrogens is 214 g/mol. The third-order valence-corrected chi connectivity index (χ3v) is 3.42. The molecule has 1 aliphatic heterocycles. The standard InChI is InChI=1S/C9H13N3O4/c1-10-6-8(11(13)14)3-2-4-9(5-8,7-10)12(15)16/h2-3H,4-7H2,1H3/t8-,9-/m1/s1. The fraction of sp³-hybridized carbons (Fsp3) is 0.778. The molecule has 0 N–H and O–H groups in total. The Labute approximate surface area is 92.0 Å². The van der Waals surface area contributed by atoms with Gasteiger partial charge in [-0.15, -0.1) is 0 Å². The first-order chi connectivity index (χ1) is 7.40. The topological polar surface area (TPSA) is 89.5 Å². The van der Waals surface area contributed by atoms with Gasteiger partial charge in [0.2, 0.25) is 5.54 Å². The summed E-state index contributed by atoms with van der Waals surface area (Å²) < 4.78 is 0. The van der Waals surface area contributed by atoms with Crippen molar-refractivity contribution in [2.45, 2.75) is 23.9 Å². The van der Waals surface area contributed by atoms with Crippen LogP contribution in [0.3, 0.4) is 0 Å². The number of fused-ring (bicyclic) bond motifs is 2. The van der Waals surface area contributed by atoms with Gasteiger partial charge in [-0.2, -0.15) is 0 Å². The summed E-state index contributed by atoms with van der Waals surface area (Å²) in [4.78, 5) is 23.2. The minimum atomic E-state index is -1.28. The van der Waals surface area contributed by atoms with Crippen molar-refractivity contribution in [3.8, 4) is 0 Å². The van der Waals surface area contributed by atoms with Gasteiger partial charge >= 0.3 is 0 Å². The molecule has 88 valence electrons. The van der Waals surface area contributed by atoms with E-state index in [9.17, 15) is 20.2 Å². The summed E-state index contributed by atoms with van der Waals surface area (Å²) in [5.74, 6) is 0. The number of likely N-dealkylation sites (tertiary alicyclic amines) is 1. The van der Waals surface area contributed by atoms with E-state index in [0.29, 0.717) is 0 Å². The zero-order valence-electron chi connectivity index (χ0n) is 8.96. The summed E-state index contributed by atoms with van der Waals surface area (Å²) in [6.45, 7) is 0.520. The van der Waals surface area contributed by atoms with Gasteiger partial charge in [0, 0.05) is 16.3 Å². The Balaban J connectivity index is 2.44. The Hall–Kier alpha value is -1.50. The molecule has 0 aromatic rings. The Kier molecular flexibility index (Phi) is 2.23. The van der Waals surface area contributed by atoms with Crippen LogP contribution in [0.4, 0.5) is 0 Å². The zero-order chi connectivity index (χ0) is 12.0. The number of rotatable bonds is 2. The van der Waals surface area contributed by atoms with Gasteiger partial charge in [-0.1, -0.05) is 6.08 Å². The molecule has 0 spiro atoms. The molecule has 2 rings (SSSR count). The lowest BCUT2D eigenvalue weighted by Gasteiger charge is -2.42. The summed E-state index contributed by atoms with van der Waals surface area (Å²) in [6.07, 6.45) is 3.38. The van der Waals surface area contributed by atoms with Gasteiger partial charge in [0.05, 0.1) is 19.5 Å². The summed E-state index contributed by atoms with van der Waals surface area (Å²) in [5, 5.41) is 22.2. The molecule has 1 saturated heterocycles. The number of hydrogen-bond donors (Lipinski definition) is 0. The van der Waals surface area contributed by atoms with Crippen LogP contribution < -0.4 is 0 Å². The van der Waals surface area contributed by atoms with Gasteiger partial charge in [0.1, 0.15) is 0 Å². The largest absolute Gasteiger partial charge is 0.292 e. The van der Waals surface area contributed by atoms with Crippen molar-refractivity contribution in [3.63, 3.8) is 0 Å². The van der Waals surface area contributed by atoms with Crippen molar-refractivity contribution >= 4 is 0 Å². The molecule has 1 fully saturated rings. The van der Waals surface area contributed by atoms with Crippen molar-refractivity contribution in [1.29, 1.82) is 0 Å². The summed E-state index contributed by atoms with van der Waals surface area (Å²) in [5.41, 5.74) is -2.47. The second-order valence-corrected chi connectivity index (χ2v) is 4.80. The van der Waals surface area contributed by atoms with Crippen LogP contribution in [0, 0.1) is 20.2 Å². The molecule has 0 aromatic heterocycles. The van der Waals surface area contributed by atoms with Crippen molar-refractivity contribution < 1.29 is 9.85 Å². The van der Waals surface area contributed by atoms with Gasteiger partial charge in [0.25, 0.3) is 5.54 Å². The van der Waals surface area contributed by atoms with E-state index in [0.717, 1.165) is 0 Å². The fourth-order valence-electron chi connectivity index (χ4n) is 2.83. The highest BCUT2D eigenvalue weighted by Crippen LogP contribution is 2.39. The number of nitro groups is 2. The van der Waals surface area contributed by atoms with Crippen LogP contribution in [-0.2, 0) is 0 Å². The van der Waals surface area contributed by atoms with E-state index >= 15 is 0 Å². The first kappa shape index (κ1) is 11.0. The molecule has 1 aliphatic carbocycles. The van der Waals surface area contributed by atoms with Crippen LogP contribution in [0.2, 0.25) is 0 Å². The van der Waals surface area contributed by atoms with Crippen molar-refractivity contribution in [2.24, 2.45) is 0 Å². The van der Waals surface area contributed by atoms with Gasteiger partial charge in [0.15, 0.2) is 0 Å². The quantitative estimate of drug-likeness (QED) is 0.385. The van der Waals surface area contributed by atoms with Crippen molar-refractivity contribution in [1.82, 2.24) is 4.90 Å².